The van der Waals surface area contributed by atoms with Crippen LogP contribution < -0.4 is 14.8 Å². The molecule has 0 radical (unpaired) electrons. The van der Waals surface area contributed by atoms with Gasteiger partial charge >= 0.3 is 5.97 Å². The van der Waals surface area contributed by atoms with Gasteiger partial charge in [-0.3, -0.25) is 9.59 Å². The molecule has 4 rings (SSSR count). The van der Waals surface area contributed by atoms with Crippen molar-refractivity contribution in [2.45, 2.75) is 6.42 Å². The van der Waals surface area contributed by atoms with E-state index in [2.05, 4.69) is 5.32 Å². The van der Waals surface area contributed by atoms with Crippen molar-refractivity contribution in [3.63, 3.8) is 0 Å². The molecule has 7 heteroatoms. The lowest BCUT2D eigenvalue weighted by Gasteiger charge is -2.10. The number of furan rings is 1. The Morgan fingerprint density at radius 2 is 1.71 bits per heavy atom. The van der Waals surface area contributed by atoms with Crippen molar-refractivity contribution < 1.29 is 28.2 Å². The van der Waals surface area contributed by atoms with E-state index in [1.54, 1.807) is 24.5 Å². The van der Waals surface area contributed by atoms with Gasteiger partial charge in [0.15, 0.2) is 6.61 Å². The normalized spacial score (nSPS) is 10.8. The monoisotopic (exact) mass is 419 g/mol. The molecule has 7 nitrogen and oxygen atoms in total. The summed E-state index contributed by atoms with van der Waals surface area (Å²) in [6.07, 6.45) is 1.56. The molecule has 0 saturated carbocycles. The van der Waals surface area contributed by atoms with E-state index in [0.29, 0.717) is 22.8 Å². The van der Waals surface area contributed by atoms with E-state index in [1.807, 2.05) is 36.4 Å². The maximum atomic E-state index is 12.4. The van der Waals surface area contributed by atoms with Gasteiger partial charge in [-0.2, -0.15) is 0 Å². The zero-order valence-corrected chi connectivity index (χ0v) is 17.1. The van der Waals surface area contributed by atoms with E-state index in [1.165, 1.54) is 14.2 Å². The smallest absolute Gasteiger partial charge is 0.310 e. The fraction of sp³-hybridized carbons (Fsp3) is 0.167. The lowest BCUT2D eigenvalue weighted by atomic mass is 10.0. The standard InChI is InChI=1S/C24H21NO6/c1-28-18-10-17(11-19(12-18)29-2)25-22(26)14-31-23(27)9-16-13-30-21-8-7-15-5-3-4-6-20(15)24(16)21/h3-8,10-13H,9,14H2,1-2H3,(H,25,26). The summed E-state index contributed by atoms with van der Waals surface area (Å²) in [6.45, 7) is -0.408. The molecule has 1 amide bonds. The number of hydrogen-bond acceptors (Lipinski definition) is 6. The van der Waals surface area contributed by atoms with Gasteiger partial charge in [-0.05, 0) is 16.8 Å². The van der Waals surface area contributed by atoms with Crippen molar-refractivity contribution in [1.29, 1.82) is 0 Å². The van der Waals surface area contributed by atoms with Crippen LogP contribution in [0.5, 0.6) is 11.5 Å². The molecule has 0 aliphatic carbocycles. The first kappa shape index (κ1) is 20.3. The Kier molecular flexibility index (Phi) is 5.75. The van der Waals surface area contributed by atoms with Gasteiger partial charge in [-0.25, -0.2) is 0 Å². The molecule has 0 saturated heterocycles. The molecule has 1 heterocycles. The number of benzene rings is 3. The number of carbonyl (C=O) groups excluding carboxylic acids is 2. The van der Waals surface area contributed by atoms with Crippen molar-refractivity contribution in [3.05, 3.63) is 66.4 Å². The SMILES string of the molecule is COc1cc(NC(=O)COC(=O)Cc2coc3ccc4ccccc4c23)cc(OC)c1. The van der Waals surface area contributed by atoms with Crippen molar-refractivity contribution in [3.8, 4) is 11.5 Å². The summed E-state index contributed by atoms with van der Waals surface area (Å²) in [4.78, 5) is 24.6. The van der Waals surface area contributed by atoms with Gasteiger partial charge in [-0.1, -0.05) is 30.3 Å². The fourth-order valence-electron chi connectivity index (χ4n) is 3.43. The average molecular weight is 419 g/mol. The number of ether oxygens (including phenoxy) is 3. The quantitative estimate of drug-likeness (QED) is 0.449. The number of amides is 1. The summed E-state index contributed by atoms with van der Waals surface area (Å²) in [7, 11) is 3.04. The molecule has 0 bridgehead atoms. The Balaban J connectivity index is 1.41. The van der Waals surface area contributed by atoms with Gasteiger partial charge < -0.3 is 23.9 Å². The molecular weight excluding hydrogens is 398 g/mol. The van der Waals surface area contributed by atoms with Crippen LogP contribution >= 0.6 is 0 Å². The third-order valence-electron chi connectivity index (χ3n) is 4.87. The van der Waals surface area contributed by atoms with E-state index >= 15 is 0 Å². The molecule has 31 heavy (non-hydrogen) atoms. The number of nitrogens with one attached hydrogen (secondary N) is 1. The van der Waals surface area contributed by atoms with Gasteiger partial charge in [0, 0.05) is 34.8 Å². The first-order chi connectivity index (χ1) is 15.1. The summed E-state index contributed by atoms with van der Waals surface area (Å²) in [5.41, 5.74) is 1.89. The van der Waals surface area contributed by atoms with Gasteiger partial charge in [0.25, 0.3) is 5.91 Å². The minimum absolute atomic E-state index is 0.00126. The Hall–Kier alpha value is -4.00. The van der Waals surface area contributed by atoms with E-state index in [4.69, 9.17) is 18.6 Å². The van der Waals surface area contributed by atoms with Crippen LogP contribution in [0.15, 0.2) is 65.3 Å². The van der Waals surface area contributed by atoms with Crippen LogP contribution in [0, 0.1) is 0 Å². The van der Waals surface area contributed by atoms with Crippen molar-refractivity contribution in [2.75, 3.05) is 26.1 Å². The van der Waals surface area contributed by atoms with Gasteiger partial charge in [-0.15, -0.1) is 0 Å². The van der Waals surface area contributed by atoms with Gasteiger partial charge in [0.1, 0.15) is 17.1 Å². The highest BCUT2D eigenvalue weighted by Gasteiger charge is 2.15. The van der Waals surface area contributed by atoms with Crippen LogP contribution in [-0.4, -0.2) is 32.7 Å². The predicted molar refractivity (Wildman–Crippen MR) is 117 cm³/mol. The zero-order valence-electron chi connectivity index (χ0n) is 17.1. The molecule has 0 aliphatic rings. The van der Waals surface area contributed by atoms with Crippen LogP contribution in [0.2, 0.25) is 0 Å². The van der Waals surface area contributed by atoms with E-state index in [9.17, 15) is 9.59 Å². The summed E-state index contributed by atoms with van der Waals surface area (Å²) in [5.74, 6) is 0.0802. The highest BCUT2D eigenvalue weighted by Crippen LogP contribution is 2.30. The zero-order chi connectivity index (χ0) is 21.8. The number of fused-ring (bicyclic) bond motifs is 3. The minimum atomic E-state index is -0.519. The molecule has 1 N–H and O–H groups in total. The Bertz CT molecular complexity index is 1240. The summed E-state index contributed by atoms with van der Waals surface area (Å²) in [6, 6.07) is 16.7. The van der Waals surface area contributed by atoms with E-state index in [0.717, 1.165) is 21.7 Å². The maximum Gasteiger partial charge on any atom is 0.310 e. The number of esters is 1. The van der Waals surface area contributed by atoms with Crippen LogP contribution in [-0.2, 0) is 20.7 Å². The van der Waals surface area contributed by atoms with Crippen molar-refractivity contribution >= 4 is 39.3 Å². The average Bonchev–Trinajstić information content (AvgIpc) is 3.20. The number of anilines is 1. The molecule has 158 valence electrons. The molecular formula is C24H21NO6. The lowest BCUT2D eigenvalue weighted by Crippen LogP contribution is -2.21. The third kappa shape index (κ3) is 4.45. The number of rotatable bonds is 7. The second-order valence-corrected chi connectivity index (χ2v) is 6.91. The summed E-state index contributed by atoms with van der Waals surface area (Å²) >= 11 is 0. The number of methoxy groups -OCH3 is 2. The number of carbonyl (C=O) groups is 2. The van der Waals surface area contributed by atoms with Crippen molar-refractivity contribution in [2.24, 2.45) is 0 Å². The molecule has 4 aromatic rings. The largest absolute Gasteiger partial charge is 0.497 e. The highest BCUT2D eigenvalue weighted by molar-refractivity contribution is 6.08. The van der Waals surface area contributed by atoms with Gasteiger partial charge in [0.05, 0.1) is 26.9 Å². The van der Waals surface area contributed by atoms with Gasteiger partial charge in [0.2, 0.25) is 0 Å². The first-order valence-electron chi connectivity index (χ1n) is 9.64. The van der Waals surface area contributed by atoms with E-state index in [-0.39, 0.29) is 6.42 Å². The lowest BCUT2D eigenvalue weighted by molar-refractivity contribution is -0.146. The maximum absolute atomic E-state index is 12.4. The molecule has 0 spiro atoms. The van der Waals surface area contributed by atoms with Crippen LogP contribution in [0.4, 0.5) is 5.69 Å². The predicted octanol–water partition coefficient (Wildman–Crippen LogP) is 4.33. The van der Waals surface area contributed by atoms with Crippen molar-refractivity contribution in [1.82, 2.24) is 0 Å². The summed E-state index contributed by atoms with van der Waals surface area (Å²) in [5, 5.41) is 5.60. The fourth-order valence-corrected chi connectivity index (χ4v) is 3.43. The second-order valence-electron chi connectivity index (χ2n) is 6.91. The second kappa shape index (κ2) is 8.79. The third-order valence-corrected chi connectivity index (χ3v) is 4.87. The number of hydrogen-bond donors (Lipinski definition) is 1. The molecule has 0 fully saturated rings. The molecule has 0 aliphatic heterocycles. The molecule has 0 atom stereocenters. The molecule has 1 aromatic heterocycles. The molecule has 3 aromatic carbocycles. The Morgan fingerprint density at radius 3 is 2.45 bits per heavy atom. The van der Waals surface area contributed by atoms with Crippen LogP contribution in [0.1, 0.15) is 5.56 Å². The Morgan fingerprint density at radius 1 is 0.968 bits per heavy atom. The topological polar surface area (TPSA) is 87.0 Å². The van der Waals surface area contributed by atoms with Crippen LogP contribution in [0.3, 0.4) is 0 Å². The first-order valence-corrected chi connectivity index (χ1v) is 9.64. The van der Waals surface area contributed by atoms with E-state index < -0.39 is 18.5 Å². The Labute approximate surface area is 178 Å². The molecule has 0 unspecified atom stereocenters. The van der Waals surface area contributed by atoms with Crippen LogP contribution in [0.25, 0.3) is 21.7 Å². The minimum Gasteiger partial charge on any atom is -0.497 e. The highest BCUT2D eigenvalue weighted by atomic mass is 16.5. The summed E-state index contributed by atoms with van der Waals surface area (Å²) < 4.78 is 21.1.